The minimum atomic E-state index is -0.918. The monoisotopic (exact) mass is 1160 g/mol. The fourth-order valence-electron chi connectivity index (χ4n) is 10.4. The number of aliphatic imine (C=N–C) groups is 1. The fraction of sp³-hybridized carbons (Fsp3) is 0.458. The second-order valence-electron chi connectivity index (χ2n) is 20.6. The first kappa shape index (κ1) is 59.2. The Morgan fingerprint density at radius 1 is 0.852 bits per heavy atom. The topological polar surface area (TPSA) is 221 Å². The van der Waals surface area contributed by atoms with Gasteiger partial charge >= 0.3 is 0 Å². The number of carbonyl (C=O) groups is 4. The summed E-state index contributed by atoms with van der Waals surface area (Å²) in [5.74, 6) is 0.536. The van der Waals surface area contributed by atoms with Gasteiger partial charge in [-0.25, -0.2) is 4.98 Å². The zero-order valence-corrected chi connectivity index (χ0v) is 49.0. The summed E-state index contributed by atoms with van der Waals surface area (Å²) in [6.07, 6.45) is -0.0211. The van der Waals surface area contributed by atoms with Crippen LogP contribution in [-0.2, 0) is 46.4 Å². The van der Waals surface area contributed by atoms with Crippen LogP contribution in [0.15, 0.2) is 77.2 Å². The Hall–Kier alpha value is -6.43. The Bertz CT molecular complexity index is 3220. The second kappa shape index (κ2) is 27.6. The van der Waals surface area contributed by atoms with Gasteiger partial charge in [0.25, 0.3) is 5.91 Å². The Labute approximate surface area is 485 Å². The number of aromatic nitrogens is 4. The number of nitrogens with zero attached hydrogens (tertiary/aromatic N) is 7. The van der Waals surface area contributed by atoms with Crippen molar-refractivity contribution in [3.05, 3.63) is 133 Å². The van der Waals surface area contributed by atoms with E-state index in [0.29, 0.717) is 94.5 Å². The summed E-state index contributed by atoms with van der Waals surface area (Å²) >= 11 is 9.44. The van der Waals surface area contributed by atoms with Crippen molar-refractivity contribution in [1.29, 1.82) is 0 Å². The molecule has 22 heteroatoms. The first-order valence-electron chi connectivity index (χ1n) is 27.4. The number of thiophene rings is 1. The molecule has 3 aliphatic rings. The molecule has 6 aromatic rings. The summed E-state index contributed by atoms with van der Waals surface area (Å²) in [6.45, 7) is 16.0. The maximum absolute atomic E-state index is 14.3. The number of ether oxygens (including phenoxy) is 5. The van der Waals surface area contributed by atoms with E-state index in [1.165, 1.54) is 21.1 Å². The van der Waals surface area contributed by atoms with Gasteiger partial charge in [0.2, 0.25) is 17.7 Å². The average Bonchev–Trinajstić information content (AvgIpc) is 4.37. The van der Waals surface area contributed by atoms with E-state index in [2.05, 4.69) is 39.7 Å². The summed E-state index contributed by atoms with van der Waals surface area (Å²) < 4.78 is 31.3. The molecule has 4 amide bonds. The van der Waals surface area contributed by atoms with Crippen LogP contribution in [0.5, 0.6) is 5.75 Å². The van der Waals surface area contributed by atoms with Gasteiger partial charge in [-0.05, 0) is 81.0 Å². The molecule has 0 aliphatic carbocycles. The van der Waals surface area contributed by atoms with E-state index < -0.39 is 30.1 Å². The summed E-state index contributed by atoms with van der Waals surface area (Å²) in [4.78, 5) is 69.7. The lowest BCUT2D eigenvalue weighted by Gasteiger charge is -2.35. The number of nitrogens with one attached hydrogen (secondary N) is 2. The fourth-order valence-corrected chi connectivity index (χ4v) is 12.5. The zero-order chi connectivity index (χ0) is 57.2. The largest absolute Gasteiger partial charge is 0.491 e. The number of β-amino-alcohol motifs (C(OH)–C–C–N with tert-alkyl or cyclic N) is 1. The molecular formula is C59H70ClN9O10S2. The molecular weight excluding hydrogens is 1090 g/mol. The molecule has 3 aromatic carbocycles. The Kier molecular flexibility index (Phi) is 20.1. The van der Waals surface area contributed by atoms with Gasteiger partial charge < -0.3 is 49.2 Å². The number of thiazole rings is 1. The number of likely N-dealkylation sites (tertiary alicyclic amines) is 1. The van der Waals surface area contributed by atoms with Gasteiger partial charge in [0, 0.05) is 78.0 Å². The Balaban J connectivity index is 0.654. The number of aliphatic hydroxyl groups is 1. The third-order valence-electron chi connectivity index (χ3n) is 14.6. The molecule has 19 nitrogen and oxygen atoms in total. The number of hydrogen-bond acceptors (Lipinski definition) is 16. The van der Waals surface area contributed by atoms with E-state index in [0.717, 1.165) is 60.5 Å². The molecule has 81 heavy (non-hydrogen) atoms. The van der Waals surface area contributed by atoms with Gasteiger partial charge in [0.05, 0.1) is 74.0 Å². The summed E-state index contributed by atoms with van der Waals surface area (Å²) in [7, 11) is 0. The molecule has 430 valence electrons. The van der Waals surface area contributed by atoms with Crippen LogP contribution >= 0.6 is 34.3 Å². The molecule has 9 rings (SSSR count). The van der Waals surface area contributed by atoms with Crippen molar-refractivity contribution in [1.82, 2.24) is 40.2 Å². The maximum Gasteiger partial charge on any atom is 0.255 e. The third kappa shape index (κ3) is 14.1. The SMILES string of the molecule is Cc1ncsc1-c1ccc(CNC(=O)[C@@H]2C[C@@H](O)CN2C(=O)[C@H](C(C)C)N2Cc3ccccc3C2=O)c(OCCOCCOCCCOCCOCCNC(=O)C[C@@H]2N=C(c3ccc(Cl)cc3)c3c(sc(C)c3C)-n3c(C)nnc32)c1. The molecule has 1 fully saturated rings. The van der Waals surface area contributed by atoms with Crippen molar-refractivity contribution < 1.29 is 48.0 Å². The number of aliphatic hydroxyl groups excluding tert-OH is 1. The minimum Gasteiger partial charge on any atom is -0.491 e. The van der Waals surface area contributed by atoms with Crippen molar-refractivity contribution >= 4 is 63.6 Å². The third-order valence-corrected chi connectivity index (χ3v) is 17.0. The van der Waals surface area contributed by atoms with E-state index in [-0.39, 0.29) is 56.2 Å². The number of rotatable bonds is 27. The van der Waals surface area contributed by atoms with Crippen LogP contribution in [0.25, 0.3) is 15.4 Å². The quantitative estimate of drug-likeness (QED) is 0.0425. The normalized spacial score (nSPS) is 17.0. The van der Waals surface area contributed by atoms with Gasteiger partial charge in [-0.1, -0.05) is 67.9 Å². The molecule has 1 saturated heterocycles. The van der Waals surface area contributed by atoms with Gasteiger partial charge in [-0.15, -0.1) is 32.9 Å². The van der Waals surface area contributed by atoms with Crippen molar-refractivity contribution in [2.75, 3.05) is 72.6 Å². The lowest BCUT2D eigenvalue weighted by Crippen LogP contribution is -2.55. The first-order chi connectivity index (χ1) is 39.2. The number of benzene rings is 3. The van der Waals surface area contributed by atoms with Crippen molar-refractivity contribution in [3.63, 3.8) is 0 Å². The van der Waals surface area contributed by atoms with Crippen molar-refractivity contribution in [3.8, 4) is 21.2 Å². The highest BCUT2D eigenvalue weighted by Gasteiger charge is 2.46. The molecule has 3 aromatic heterocycles. The summed E-state index contributed by atoms with van der Waals surface area (Å²) in [6, 6.07) is 18.4. The molecule has 3 aliphatic heterocycles. The van der Waals surface area contributed by atoms with Crippen molar-refractivity contribution in [2.45, 2.75) is 98.1 Å². The summed E-state index contributed by atoms with van der Waals surface area (Å²) in [5, 5.41) is 27.2. The van der Waals surface area contributed by atoms with Gasteiger partial charge in [-0.2, -0.15) is 0 Å². The van der Waals surface area contributed by atoms with Crippen LogP contribution < -0.4 is 15.4 Å². The predicted octanol–water partition coefficient (Wildman–Crippen LogP) is 7.53. The zero-order valence-electron chi connectivity index (χ0n) is 46.6. The van der Waals surface area contributed by atoms with Crippen molar-refractivity contribution in [2.24, 2.45) is 10.9 Å². The molecule has 3 N–H and O–H groups in total. The van der Waals surface area contributed by atoms with Crippen LogP contribution in [0.4, 0.5) is 0 Å². The van der Waals surface area contributed by atoms with Crippen LogP contribution in [0.3, 0.4) is 0 Å². The number of halogens is 1. The number of fused-ring (bicyclic) bond motifs is 4. The Morgan fingerprint density at radius 2 is 1.56 bits per heavy atom. The first-order valence-corrected chi connectivity index (χ1v) is 29.5. The van der Waals surface area contributed by atoms with Crippen LogP contribution in [0, 0.1) is 33.6 Å². The number of amides is 4. The van der Waals surface area contributed by atoms with E-state index in [1.54, 1.807) is 33.9 Å². The second-order valence-corrected chi connectivity index (χ2v) is 23.1. The van der Waals surface area contributed by atoms with E-state index >= 15 is 0 Å². The predicted molar refractivity (Wildman–Crippen MR) is 309 cm³/mol. The van der Waals surface area contributed by atoms with E-state index in [1.807, 2.05) is 86.9 Å². The average molecular weight is 1160 g/mol. The molecule has 0 bridgehead atoms. The maximum atomic E-state index is 14.3. The number of aryl methyl sites for hydroxylation is 3. The molecule has 0 spiro atoms. The minimum absolute atomic E-state index is 0.00647. The highest BCUT2D eigenvalue weighted by atomic mass is 35.5. The lowest BCUT2D eigenvalue weighted by molar-refractivity contribution is -0.143. The molecule has 0 unspecified atom stereocenters. The van der Waals surface area contributed by atoms with Gasteiger partial charge in [0.1, 0.15) is 41.3 Å². The van der Waals surface area contributed by atoms with Gasteiger partial charge in [-0.3, -0.25) is 28.7 Å². The molecule has 4 atom stereocenters. The smallest absolute Gasteiger partial charge is 0.255 e. The Morgan fingerprint density at radius 3 is 2.27 bits per heavy atom. The summed E-state index contributed by atoms with van der Waals surface area (Å²) in [5.41, 5.74) is 9.61. The highest BCUT2D eigenvalue weighted by Crippen LogP contribution is 2.40. The number of carbonyl (C=O) groups excluding carboxylic acids is 4. The van der Waals surface area contributed by atoms with Crippen LogP contribution in [0.2, 0.25) is 5.02 Å². The van der Waals surface area contributed by atoms with Crippen LogP contribution in [-0.4, -0.2) is 155 Å². The standard InChI is InChI=1S/C59H70ClN9O10S2/c1-35(2)53(68-32-43-10-7-8-11-46(43)57(68)73)58(74)67-33-45(70)29-48(67)56(72)62-31-42-13-12-41(54-37(4)63-34-80-54)28-49(42)79-27-26-78-25-23-76-20-9-19-75-22-24-77-21-18-61-50(71)30-47-55-66-65-39(6)69(55)59-51(36(3)38(5)81-59)52(64-47)40-14-16-44(60)17-15-40/h7-8,10-17,28,34-35,45,47-48,53,70H,9,18-27,29-33H2,1-6H3,(H,61,71)(H,62,72)/t45-,47+,48+,53+/m1/s1. The van der Waals surface area contributed by atoms with Crippen LogP contribution in [0.1, 0.15) is 99.5 Å². The molecule has 0 saturated carbocycles. The molecule has 6 heterocycles. The highest BCUT2D eigenvalue weighted by molar-refractivity contribution is 7.15. The van der Waals surface area contributed by atoms with Gasteiger partial charge in [0.15, 0.2) is 5.82 Å². The lowest BCUT2D eigenvalue weighted by atomic mass is 9.99. The van der Waals surface area contributed by atoms with E-state index in [9.17, 15) is 24.3 Å². The number of hydrogen-bond donors (Lipinski definition) is 3. The molecule has 0 radical (unpaired) electrons. The van der Waals surface area contributed by atoms with E-state index in [4.69, 9.17) is 40.3 Å².